The Balaban J connectivity index is 1.55. The maximum atomic E-state index is 11.0. The Kier molecular flexibility index (Phi) is 6.52. The predicted octanol–water partition coefficient (Wildman–Crippen LogP) is 3.98. The predicted molar refractivity (Wildman–Crippen MR) is 116 cm³/mol. The smallest absolute Gasteiger partial charge is 0.335 e. The van der Waals surface area contributed by atoms with Gasteiger partial charge in [-0.3, -0.25) is 10.9 Å². The van der Waals surface area contributed by atoms with Crippen molar-refractivity contribution in [2.75, 3.05) is 10.9 Å². The number of benzene rings is 3. The summed E-state index contributed by atoms with van der Waals surface area (Å²) in [6, 6.07) is 20.2. The van der Waals surface area contributed by atoms with E-state index < -0.39 is 11.9 Å². The molecule has 0 bridgehead atoms. The molecule has 0 saturated carbocycles. The van der Waals surface area contributed by atoms with Crippen LogP contribution in [0.3, 0.4) is 0 Å². The zero-order valence-electron chi connectivity index (χ0n) is 15.7. The highest BCUT2D eigenvalue weighted by Gasteiger charge is 2.03. The van der Waals surface area contributed by atoms with Crippen LogP contribution in [-0.2, 0) is 0 Å². The van der Waals surface area contributed by atoms with E-state index in [0.717, 1.165) is 11.1 Å². The van der Waals surface area contributed by atoms with Crippen molar-refractivity contribution in [3.63, 3.8) is 0 Å². The van der Waals surface area contributed by atoms with Crippen molar-refractivity contribution in [1.82, 2.24) is 0 Å². The maximum Gasteiger partial charge on any atom is 0.335 e. The number of rotatable bonds is 8. The van der Waals surface area contributed by atoms with Crippen LogP contribution >= 0.6 is 0 Å². The van der Waals surface area contributed by atoms with Crippen molar-refractivity contribution >= 4 is 35.7 Å². The monoisotopic (exact) mass is 402 g/mol. The van der Waals surface area contributed by atoms with Crippen molar-refractivity contribution in [2.45, 2.75) is 0 Å². The van der Waals surface area contributed by atoms with E-state index in [0.29, 0.717) is 11.4 Å². The highest BCUT2D eigenvalue weighted by molar-refractivity contribution is 5.89. The molecule has 0 aliphatic rings. The van der Waals surface area contributed by atoms with E-state index in [1.165, 1.54) is 24.3 Å². The van der Waals surface area contributed by atoms with Crippen molar-refractivity contribution in [1.29, 1.82) is 0 Å². The number of carboxylic acids is 2. The fourth-order valence-electron chi connectivity index (χ4n) is 2.47. The molecular formula is C22H18N4O4. The number of carbonyl (C=O) groups is 2. The first-order chi connectivity index (χ1) is 14.5. The largest absolute Gasteiger partial charge is 0.478 e. The van der Waals surface area contributed by atoms with E-state index in [4.69, 9.17) is 10.2 Å². The number of nitrogens with one attached hydrogen (secondary N) is 2. The van der Waals surface area contributed by atoms with E-state index in [9.17, 15) is 9.59 Å². The lowest BCUT2D eigenvalue weighted by Crippen LogP contribution is -1.98. The molecule has 0 spiro atoms. The van der Waals surface area contributed by atoms with Gasteiger partial charge >= 0.3 is 11.9 Å². The molecule has 0 saturated heterocycles. The van der Waals surface area contributed by atoms with Gasteiger partial charge in [0, 0.05) is 0 Å². The van der Waals surface area contributed by atoms with Crippen LogP contribution in [0.15, 0.2) is 83.0 Å². The molecule has 150 valence electrons. The third-order valence-electron chi connectivity index (χ3n) is 3.97. The van der Waals surface area contributed by atoms with Gasteiger partial charge in [-0.25, -0.2) is 9.59 Å². The highest BCUT2D eigenvalue weighted by atomic mass is 16.4. The molecule has 0 atom stereocenters. The molecule has 0 radical (unpaired) electrons. The van der Waals surface area contributed by atoms with Crippen LogP contribution in [0.2, 0.25) is 0 Å². The lowest BCUT2D eigenvalue weighted by atomic mass is 10.2. The Bertz CT molecular complexity index is 1020. The number of carboxylic acid groups (broad SMARTS) is 2. The van der Waals surface area contributed by atoms with E-state index in [1.54, 1.807) is 36.7 Å². The average molecular weight is 402 g/mol. The molecule has 3 rings (SSSR count). The van der Waals surface area contributed by atoms with E-state index >= 15 is 0 Å². The molecule has 0 amide bonds. The second-order valence-corrected chi connectivity index (χ2v) is 6.18. The Hall–Kier alpha value is -4.46. The summed E-state index contributed by atoms with van der Waals surface area (Å²) in [6.45, 7) is 0. The van der Waals surface area contributed by atoms with Gasteiger partial charge in [0.15, 0.2) is 0 Å². The van der Waals surface area contributed by atoms with Crippen LogP contribution in [0, 0.1) is 0 Å². The molecule has 0 aromatic heterocycles. The summed E-state index contributed by atoms with van der Waals surface area (Å²) in [5, 5.41) is 26.2. The minimum absolute atomic E-state index is 0.183. The topological polar surface area (TPSA) is 123 Å². The first-order valence-electron chi connectivity index (χ1n) is 8.86. The molecule has 30 heavy (non-hydrogen) atoms. The van der Waals surface area contributed by atoms with Crippen LogP contribution in [0.5, 0.6) is 0 Å². The zero-order chi connectivity index (χ0) is 21.3. The second-order valence-electron chi connectivity index (χ2n) is 6.18. The first-order valence-corrected chi connectivity index (χ1v) is 8.86. The summed E-state index contributed by atoms with van der Waals surface area (Å²) in [6.07, 6.45) is 3.23. The number of hydrazone groups is 2. The zero-order valence-corrected chi connectivity index (χ0v) is 15.7. The van der Waals surface area contributed by atoms with Crippen LogP contribution in [-0.4, -0.2) is 34.6 Å². The van der Waals surface area contributed by atoms with Crippen molar-refractivity contribution in [2.24, 2.45) is 10.2 Å². The molecule has 3 aromatic carbocycles. The number of nitrogens with zero attached hydrogens (tertiary/aromatic N) is 2. The summed E-state index contributed by atoms with van der Waals surface area (Å²) in [5.41, 5.74) is 8.80. The minimum Gasteiger partial charge on any atom is -0.478 e. The number of hydrogen-bond acceptors (Lipinski definition) is 6. The first kappa shape index (κ1) is 20.3. The summed E-state index contributed by atoms with van der Waals surface area (Å²) >= 11 is 0. The summed E-state index contributed by atoms with van der Waals surface area (Å²) < 4.78 is 0. The Labute approximate surface area is 172 Å². The molecule has 0 aliphatic carbocycles. The number of aromatic carboxylic acids is 2. The van der Waals surface area contributed by atoms with Gasteiger partial charge in [-0.2, -0.15) is 10.2 Å². The summed E-state index contributed by atoms with van der Waals surface area (Å²) in [5.74, 6) is -1.99. The summed E-state index contributed by atoms with van der Waals surface area (Å²) in [7, 11) is 0. The number of anilines is 2. The molecule has 0 heterocycles. The van der Waals surface area contributed by atoms with Gasteiger partial charge in [-0.05, 0) is 47.5 Å². The van der Waals surface area contributed by atoms with Crippen LogP contribution in [0.4, 0.5) is 11.4 Å². The SMILES string of the molecule is O=C(O)c1cccc(NN=Cc2ccc(C=NNc3cccc(C(=O)O)c3)cc2)c1. The lowest BCUT2D eigenvalue weighted by molar-refractivity contribution is 0.0686. The number of hydrogen-bond donors (Lipinski definition) is 4. The van der Waals surface area contributed by atoms with Gasteiger partial charge in [0.1, 0.15) is 0 Å². The average Bonchev–Trinajstić information content (AvgIpc) is 2.75. The Morgan fingerprint density at radius 2 is 1.07 bits per heavy atom. The minimum atomic E-state index is -0.996. The van der Waals surface area contributed by atoms with Gasteiger partial charge in [-0.15, -0.1) is 0 Å². The third kappa shape index (κ3) is 5.77. The second kappa shape index (κ2) is 9.65. The van der Waals surface area contributed by atoms with Crippen molar-refractivity contribution < 1.29 is 19.8 Å². The van der Waals surface area contributed by atoms with Gasteiger partial charge in [0.05, 0.1) is 34.9 Å². The molecular weight excluding hydrogens is 384 g/mol. The summed E-state index contributed by atoms with van der Waals surface area (Å²) in [4.78, 5) is 21.9. The van der Waals surface area contributed by atoms with Crippen LogP contribution < -0.4 is 10.9 Å². The van der Waals surface area contributed by atoms with Crippen molar-refractivity contribution in [3.8, 4) is 0 Å². The standard InChI is InChI=1S/C22H18N4O4/c27-21(28)17-3-1-5-19(11-17)25-23-13-15-7-9-16(10-8-15)14-24-26-20-6-2-4-18(12-20)22(29)30/h1-14,25-26H,(H,27,28)(H,29,30). The normalized spacial score (nSPS) is 10.9. The third-order valence-corrected chi connectivity index (χ3v) is 3.97. The molecule has 0 aliphatic heterocycles. The molecule has 0 fully saturated rings. The van der Waals surface area contributed by atoms with Gasteiger partial charge in [0.25, 0.3) is 0 Å². The van der Waals surface area contributed by atoms with Gasteiger partial charge in [-0.1, -0.05) is 36.4 Å². The molecule has 3 aromatic rings. The van der Waals surface area contributed by atoms with Crippen LogP contribution in [0.1, 0.15) is 31.8 Å². The quantitative estimate of drug-likeness (QED) is 0.334. The lowest BCUT2D eigenvalue weighted by Gasteiger charge is -2.02. The molecule has 4 N–H and O–H groups in total. The Morgan fingerprint density at radius 3 is 1.43 bits per heavy atom. The van der Waals surface area contributed by atoms with Gasteiger partial charge < -0.3 is 10.2 Å². The Morgan fingerprint density at radius 1 is 0.667 bits per heavy atom. The van der Waals surface area contributed by atoms with Gasteiger partial charge in [0.2, 0.25) is 0 Å². The molecule has 8 nitrogen and oxygen atoms in total. The maximum absolute atomic E-state index is 11.0. The van der Waals surface area contributed by atoms with E-state index in [1.807, 2.05) is 24.3 Å². The van der Waals surface area contributed by atoms with Crippen molar-refractivity contribution in [3.05, 3.63) is 95.1 Å². The fourth-order valence-corrected chi connectivity index (χ4v) is 2.47. The molecule has 8 heteroatoms. The van der Waals surface area contributed by atoms with E-state index in [2.05, 4.69) is 21.1 Å². The van der Waals surface area contributed by atoms with Crippen LogP contribution in [0.25, 0.3) is 0 Å². The molecule has 0 unspecified atom stereocenters. The fraction of sp³-hybridized carbons (Fsp3) is 0. The van der Waals surface area contributed by atoms with E-state index in [-0.39, 0.29) is 11.1 Å². The highest BCUT2D eigenvalue weighted by Crippen LogP contribution is 2.12.